The highest BCUT2D eigenvalue weighted by atomic mass is 16.5. The van der Waals surface area contributed by atoms with E-state index < -0.39 is 90.3 Å². The number of aliphatic hydroxyl groups is 1. The van der Waals surface area contributed by atoms with Crippen molar-refractivity contribution < 1.29 is 131 Å². The van der Waals surface area contributed by atoms with E-state index in [9.17, 15) is 82.4 Å². The lowest BCUT2D eigenvalue weighted by atomic mass is 9.90. The third kappa shape index (κ3) is 73.4. The van der Waals surface area contributed by atoms with Crippen molar-refractivity contribution in [2.75, 3.05) is 152 Å². The second kappa shape index (κ2) is 79.1. The number of aliphatic hydroxyl groups excluding tert-OH is 1. The highest BCUT2D eigenvalue weighted by molar-refractivity contribution is 5.87. The van der Waals surface area contributed by atoms with Gasteiger partial charge in [-0.2, -0.15) is 0 Å². The molecule has 670 valence electrons. The van der Waals surface area contributed by atoms with Gasteiger partial charge in [0, 0.05) is 103 Å². The average Bonchev–Trinajstić information content (AvgIpc) is 0.901. The Morgan fingerprint density at radius 1 is 0.267 bits per heavy atom. The largest absolute Gasteiger partial charge is 0.481 e. The van der Waals surface area contributed by atoms with Crippen molar-refractivity contribution in [2.24, 2.45) is 11.8 Å². The van der Waals surface area contributed by atoms with Gasteiger partial charge in [0.25, 0.3) is 0 Å². The van der Waals surface area contributed by atoms with Gasteiger partial charge >= 0.3 is 23.9 Å². The van der Waals surface area contributed by atoms with Gasteiger partial charge in [-0.1, -0.05) is 122 Å². The Kier molecular flexibility index (Phi) is 74.3. The fourth-order valence-electron chi connectivity index (χ4n) is 12.2. The number of ether oxygens (including phenoxy) is 8. The van der Waals surface area contributed by atoms with Crippen molar-refractivity contribution in [2.45, 2.75) is 275 Å². The maximum Gasteiger partial charge on any atom is 0.326 e. The molecule has 0 heterocycles. The van der Waals surface area contributed by atoms with E-state index in [2.05, 4.69) is 37.2 Å². The Labute approximate surface area is 686 Å². The van der Waals surface area contributed by atoms with E-state index >= 15 is 0 Å². The van der Waals surface area contributed by atoms with Crippen molar-refractivity contribution in [3.63, 3.8) is 0 Å². The van der Waals surface area contributed by atoms with E-state index in [1.807, 2.05) is 0 Å². The van der Waals surface area contributed by atoms with Gasteiger partial charge in [0.15, 0.2) is 17.3 Å². The second-order valence-electron chi connectivity index (χ2n) is 29.1. The summed E-state index contributed by atoms with van der Waals surface area (Å²) in [7, 11) is 1.64. The van der Waals surface area contributed by atoms with Crippen LogP contribution in [0.3, 0.4) is 0 Å². The fraction of sp³-hybridized carbons (Fsp3) is 0.829. The summed E-state index contributed by atoms with van der Waals surface area (Å²) in [5, 5.41) is 65.6. The minimum absolute atomic E-state index is 0.000774. The molecule has 0 spiro atoms. The summed E-state index contributed by atoms with van der Waals surface area (Å²) in [4.78, 5) is 169. The molecule has 0 unspecified atom stereocenters. The number of carboxylic acid groups (broad SMARTS) is 4. The minimum Gasteiger partial charge on any atom is -0.481 e. The minimum atomic E-state index is -1.36. The average molecular weight is 1660 g/mol. The SMILES string of the molecule is CN[C@@H](CCCCNC(=O)CC[C@H](CC(=O)COCCOCCNC(=O)COCCOCCNC(=O)CCCCCCCCCCCCC(=O)O)C(=O)O)C(=O)CC[C@@H](CCCCNC(=O)CC[C@H](NC(=O)COCCOCCCC(=O)COCCOCCNC(=O)CCCCCCCCCCCCCCC(=O)O)C(=O)O)C(=O)CO. The van der Waals surface area contributed by atoms with Crippen molar-refractivity contribution in [3.8, 4) is 0 Å². The topological polar surface area (TPSA) is 498 Å². The predicted octanol–water partition coefficient (Wildman–Crippen LogP) is 6.61. The summed E-state index contributed by atoms with van der Waals surface area (Å²) >= 11 is 0. The summed E-state index contributed by atoms with van der Waals surface area (Å²) in [6, 6.07) is -1.89. The number of carboxylic acids is 4. The third-order valence-electron chi connectivity index (χ3n) is 19.0. The molecule has 12 N–H and O–H groups in total. The molecule has 6 amide bonds. The van der Waals surface area contributed by atoms with Gasteiger partial charge in [0.05, 0.1) is 84.6 Å². The zero-order chi connectivity index (χ0) is 85.5. The molecule has 0 aliphatic heterocycles. The molecule has 0 aromatic rings. The molecule has 0 rings (SSSR count). The molecule has 116 heavy (non-hydrogen) atoms. The molecule has 34 heteroatoms. The van der Waals surface area contributed by atoms with Gasteiger partial charge in [0.1, 0.15) is 44.9 Å². The van der Waals surface area contributed by atoms with Gasteiger partial charge in [-0.15, -0.1) is 0 Å². The van der Waals surface area contributed by atoms with Crippen LogP contribution in [-0.2, 0) is 105 Å². The monoisotopic (exact) mass is 1660 g/mol. The van der Waals surface area contributed by atoms with E-state index in [0.29, 0.717) is 84.1 Å². The first-order chi connectivity index (χ1) is 56.1. The highest BCUT2D eigenvalue weighted by Gasteiger charge is 2.26. The first-order valence-corrected chi connectivity index (χ1v) is 42.6. The summed E-state index contributed by atoms with van der Waals surface area (Å²) in [5.41, 5.74) is 0. The van der Waals surface area contributed by atoms with Crippen LogP contribution in [0, 0.1) is 11.8 Å². The molecule has 0 radical (unpaired) electrons. The molecular weight excluding hydrogens is 1510 g/mol. The number of likely N-dealkylation sites (N-methyl/N-ethyl adjacent to an activating group) is 1. The maximum atomic E-state index is 13.2. The zero-order valence-electron chi connectivity index (χ0n) is 69.6. The quantitative estimate of drug-likeness (QED) is 0.0285. The third-order valence-corrected chi connectivity index (χ3v) is 19.0. The van der Waals surface area contributed by atoms with Gasteiger partial charge in [-0.3, -0.25) is 62.3 Å². The number of Topliss-reactive ketones (excluding diaryl/α,β-unsaturated/α-hetero) is 4. The number of unbranched alkanes of at least 4 members (excludes halogenated alkanes) is 22. The second-order valence-corrected chi connectivity index (χ2v) is 29.1. The van der Waals surface area contributed by atoms with Crippen LogP contribution < -0.4 is 37.2 Å². The smallest absolute Gasteiger partial charge is 0.326 e. The van der Waals surface area contributed by atoms with Crippen molar-refractivity contribution >= 4 is 82.5 Å². The molecule has 0 aliphatic carbocycles. The van der Waals surface area contributed by atoms with Crippen molar-refractivity contribution in [1.29, 1.82) is 0 Å². The van der Waals surface area contributed by atoms with E-state index in [4.69, 9.17) is 48.1 Å². The molecule has 0 saturated carbocycles. The summed E-state index contributed by atoms with van der Waals surface area (Å²) in [6.07, 6.45) is 27.5. The predicted molar refractivity (Wildman–Crippen MR) is 430 cm³/mol. The number of ketones is 4. The lowest BCUT2D eigenvalue weighted by Gasteiger charge is -2.18. The van der Waals surface area contributed by atoms with Crippen LogP contribution in [0.2, 0.25) is 0 Å². The lowest BCUT2D eigenvalue weighted by Crippen LogP contribution is -2.43. The molecule has 0 aromatic heterocycles. The van der Waals surface area contributed by atoms with Crippen molar-refractivity contribution in [1.82, 2.24) is 37.2 Å². The molecular formula is C82H145N7O27. The Balaban J connectivity index is 4.08. The van der Waals surface area contributed by atoms with Gasteiger partial charge < -0.3 is 101 Å². The number of carbonyl (C=O) groups is 14. The Morgan fingerprint density at radius 2 is 0.629 bits per heavy atom. The Bertz CT molecular complexity index is 2660. The fourth-order valence-corrected chi connectivity index (χ4v) is 12.2. The van der Waals surface area contributed by atoms with Crippen molar-refractivity contribution in [3.05, 3.63) is 0 Å². The standard InChI is InChI=1S/C82H145N7O27/c1-83-69(31-25-27-43-84-75(97)40-37-66(81(105)106)59-68(92)62-114-56-53-112-50-46-88-77(99)63-115-58-54-111-49-45-87-74(96)33-21-17-13-9-6-7-11-15-19-23-35-80(103)104)71(93)39-36-65(72(94)60-90)29-24-26-42-85-76(98)41-38-70(82(107)108)89-78(100)64-116-57-51-109-47-28-30-67(91)61-113-55-52-110-48-44-86-73(95)32-20-16-12-8-4-2-3-5-10-14-18-22-34-79(101)102/h65-66,69-70,83,90H,2-64H2,1H3,(H,84,97)(H,85,98)(H,86,95)(H,87,96)(H,88,99)(H,89,100)(H,101,102)(H,103,104)(H,105,106)(H,107,108)/t65-,66-,69+,70+/m1/s1. The van der Waals surface area contributed by atoms with E-state index in [0.717, 1.165) is 103 Å². The van der Waals surface area contributed by atoms with Crippen LogP contribution in [0.1, 0.15) is 263 Å². The van der Waals surface area contributed by atoms with E-state index in [1.165, 1.54) is 38.5 Å². The molecule has 0 saturated heterocycles. The molecule has 34 nitrogen and oxygen atoms in total. The number of hydrogen-bond acceptors (Lipinski definition) is 24. The molecule has 0 fully saturated rings. The van der Waals surface area contributed by atoms with E-state index in [1.54, 1.807) is 7.05 Å². The zero-order valence-corrected chi connectivity index (χ0v) is 69.6. The number of carbonyl (C=O) groups excluding carboxylic acids is 10. The maximum absolute atomic E-state index is 13.2. The van der Waals surface area contributed by atoms with E-state index in [-0.39, 0.29) is 199 Å². The van der Waals surface area contributed by atoms with Crippen LogP contribution in [0.15, 0.2) is 0 Å². The Morgan fingerprint density at radius 3 is 1.06 bits per heavy atom. The van der Waals surface area contributed by atoms with Crippen LogP contribution in [0.5, 0.6) is 0 Å². The van der Waals surface area contributed by atoms with Gasteiger partial charge in [-0.25, -0.2) is 4.79 Å². The van der Waals surface area contributed by atoms with Crippen LogP contribution in [0.4, 0.5) is 0 Å². The number of aliphatic carboxylic acids is 4. The summed E-state index contributed by atoms with van der Waals surface area (Å²) in [5.74, 6) is -8.76. The first kappa shape index (κ1) is 109. The van der Waals surface area contributed by atoms with Crippen LogP contribution in [0.25, 0.3) is 0 Å². The first-order valence-electron chi connectivity index (χ1n) is 42.6. The molecule has 0 aliphatic rings. The molecule has 0 bridgehead atoms. The highest BCUT2D eigenvalue weighted by Crippen LogP contribution is 2.20. The molecule has 0 aromatic carbocycles. The lowest BCUT2D eigenvalue weighted by molar-refractivity contribution is -0.145. The summed E-state index contributed by atoms with van der Waals surface area (Å²) in [6.45, 7) is 2.04. The molecule has 4 atom stereocenters. The number of rotatable bonds is 89. The van der Waals surface area contributed by atoms with Gasteiger partial charge in [0.2, 0.25) is 35.4 Å². The number of nitrogens with one attached hydrogen (secondary N) is 7. The van der Waals surface area contributed by atoms with Crippen LogP contribution in [-0.4, -0.2) is 272 Å². The number of amides is 6. The summed E-state index contributed by atoms with van der Waals surface area (Å²) < 4.78 is 43.2. The number of hydrogen-bond donors (Lipinski definition) is 12. The Hall–Kier alpha value is -7.02. The van der Waals surface area contributed by atoms with Gasteiger partial charge in [-0.05, 0) is 90.5 Å². The van der Waals surface area contributed by atoms with Crippen LogP contribution >= 0.6 is 0 Å². The normalized spacial score (nSPS) is 12.3.